The lowest BCUT2D eigenvalue weighted by Gasteiger charge is -2.50. The van der Waals surface area contributed by atoms with Gasteiger partial charge in [0.1, 0.15) is 40.3 Å². The quantitative estimate of drug-likeness (QED) is 0.0109. The SMILES string of the molecule is CC(C)(O/N=C(\C(=O)N[C@@H]1C(=O)N2C(C(=O)[O-])=C(C[n+]3ccccc3)CS[C@H]12)c1csc(N)n1)C(=O)O.C[C@H]1C(SC2C[NH2+][C@H](CNS(N)(=O)=O)C2)=C(C(=O)O)N2C(=O)[C@H]([C@@H](C)O)C12.Cn1c(N)c(NC(=O)NCCN)c[n+]1CC1=C(C(=O)[O-])N2C(=O)[C@@H](NC(=O)/C(=N\OC(C)(C)C(=O)O)c3nsc(N)n3)C2SC1. The molecule has 109 heavy (non-hydrogen) atoms. The summed E-state index contributed by atoms with van der Waals surface area (Å²) >= 11 is 5.69. The third-order valence-corrected chi connectivity index (χ3v) is 23.6. The summed E-state index contributed by atoms with van der Waals surface area (Å²) in [5.74, 6) is -10.9. The number of carbonyl (C=O) groups excluding carboxylic acids is 8. The minimum Gasteiger partial charge on any atom is -0.543 e. The fourth-order valence-corrected chi connectivity index (χ4v) is 17.6. The van der Waals surface area contributed by atoms with E-state index in [0.29, 0.717) is 34.8 Å². The van der Waals surface area contributed by atoms with Gasteiger partial charge in [-0.3, -0.25) is 39.1 Å². The predicted octanol–water partition coefficient (Wildman–Crippen LogP) is -7.83. The van der Waals surface area contributed by atoms with Crippen LogP contribution < -0.4 is 78.8 Å². The number of nitrogen functional groups attached to an aromatic ring is 3. The Kier molecular flexibility index (Phi) is 25.7. The number of carboxylic acid groups (broad SMARTS) is 5. The average molecular weight is 1630 g/mol. The highest BCUT2D eigenvalue weighted by Gasteiger charge is 2.61. The lowest BCUT2D eigenvalue weighted by molar-refractivity contribution is -0.765. The Balaban J connectivity index is 0.000000194. The predicted molar refractivity (Wildman–Crippen MR) is 384 cm³/mol. The van der Waals surface area contributed by atoms with Crippen LogP contribution >= 0.6 is 58.2 Å². The molecular weight excluding hydrogens is 1560 g/mol. The molecule has 0 aromatic carbocycles. The summed E-state index contributed by atoms with van der Waals surface area (Å²) in [6, 6.07) is 2.34. The molecule has 0 bridgehead atoms. The van der Waals surface area contributed by atoms with E-state index in [4.69, 9.17) is 37.7 Å². The Morgan fingerprint density at radius 1 is 0.817 bits per heavy atom. The minimum atomic E-state index is -3.74. The van der Waals surface area contributed by atoms with E-state index in [1.165, 1.54) is 84.1 Å². The average Bonchev–Trinajstić information content (AvgIpc) is 1.65. The number of pyridine rings is 1. The Morgan fingerprint density at radius 3 is 1.87 bits per heavy atom. The number of nitrogens with two attached hydrogens (primary N) is 6. The summed E-state index contributed by atoms with van der Waals surface area (Å²) in [6.07, 6.45) is 4.92. The van der Waals surface area contributed by atoms with E-state index in [1.807, 2.05) is 18.3 Å². The summed E-state index contributed by atoms with van der Waals surface area (Å²) < 4.78 is 33.1. The molecule has 11 heterocycles. The molecule has 0 aliphatic carbocycles. The van der Waals surface area contributed by atoms with Gasteiger partial charge in [0, 0.05) is 82.0 Å². The number of aliphatic hydroxyl groups is 1. The number of hydrogen-bond acceptors (Lipinski definition) is 32. The second kappa shape index (κ2) is 33.8. The number of β-lactam (4-membered cyclic amide) rings is 3. The molecule has 4 aromatic rings. The van der Waals surface area contributed by atoms with Crippen LogP contribution in [0.3, 0.4) is 0 Å². The van der Waals surface area contributed by atoms with Crippen molar-refractivity contribution < 1.29 is 116 Å². The van der Waals surface area contributed by atoms with Crippen molar-refractivity contribution in [2.24, 2.45) is 40.1 Å². The molecule has 7 aliphatic heterocycles. The molecule has 7 aliphatic rings. The number of nitrogens with one attached hydrogen (secondary N) is 5. The first-order valence-electron chi connectivity index (χ1n) is 32.6. The molecular formula is C60H77N22O21S6+. The zero-order valence-electron chi connectivity index (χ0n) is 58.7. The molecule has 0 saturated carbocycles. The first-order chi connectivity index (χ1) is 51.2. The molecule has 0 spiro atoms. The molecule has 49 heteroatoms. The number of hydrogen-bond donors (Lipinski definition) is 15. The van der Waals surface area contributed by atoms with Crippen LogP contribution in [0.4, 0.5) is 26.6 Å². The number of thiazole rings is 1. The van der Waals surface area contributed by atoms with Gasteiger partial charge in [0.2, 0.25) is 34.8 Å². The summed E-state index contributed by atoms with van der Waals surface area (Å²) in [7, 11) is -2.14. The molecule has 43 nitrogen and oxygen atoms in total. The highest BCUT2D eigenvalue weighted by Crippen LogP contribution is 2.52. The number of carbonyl (C=O) groups is 11. The molecule has 21 N–H and O–H groups in total. The smallest absolute Gasteiger partial charge is 0.353 e. The van der Waals surface area contributed by atoms with Gasteiger partial charge in [-0.2, -0.15) is 22.5 Å². The number of fused-ring (bicyclic) bond motifs is 3. The first kappa shape index (κ1) is 82.9. The van der Waals surface area contributed by atoms with Crippen LogP contribution in [0.15, 0.2) is 85.6 Å². The molecule has 588 valence electrons. The van der Waals surface area contributed by atoms with Gasteiger partial charge in [-0.05, 0) is 34.6 Å². The number of amides is 7. The van der Waals surface area contributed by atoms with Crippen molar-refractivity contribution in [3.8, 4) is 0 Å². The Hall–Kier alpha value is -10.1. The van der Waals surface area contributed by atoms with E-state index in [0.717, 1.165) is 32.7 Å². The molecule has 7 amide bonds. The number of carboxylic acids is 5. The number of rotatable bonds is 28. The Labute approximate surface area is 639 Å². The first-order valence-corrected chi connectivity index (χ1v) is 38.8. The van der Waals surface area contributed by atoms with Gasteiger partial charge < -0.3 is 99.0 Å². The maximum absolute atomic E-state index is 13.2. The standard InChI is InChI=1S/C23H30N12O8S2.C22H22N6O7S2.C15H24N4O6S2/c1-23(2,20(40)41)43-31-11(15-30-21(26)45-32-15)16(36)29-12-17(37)35-13(19(38)39)9(8-44-18(12)35)6-34-7-10(14(25)33(34)3)28-22(42)27-5-4-24;1-22(2,20(33)34)35-26-13(12-10-37-21(23)24-12)16(29)25-14-17(30)28-15(19(31)32)11(9-36-18(14)28)8-27-6-4-3-5-7-27;1-6-11-10(7(2)20)14(21)19(11)12(15(22)23)13(6)26-9-3-8(17-5-9)4-18-27(16,24)25/h7,12,18,25H,4-6,8,24H2,1-3H3,(H7,26,27,28,29,30,32,36,38,39,40,41,42);3-7,10,14,18H,8-9H2,1-2H3,(H4-,23,24,25,29,31,32,33,34);6-11,17-18,20H,3-5H2,1-2H3,(H,22,23)(H2,16,24,25)/p+1/b31-11-;26-13-;/t12-,18?;14-,18-;6-,7-,8+,9?,10-,11?/m111/s1. The van der Waals surface area contributed by atoms with Crippen LogP contribution in [0.25, 0.3) is 0 Å². The van der Waals surface area contributed by atoms with Crippen molar-refractivity contribution in [2.45, 2.75) is 119 Å². The van der Waals surface area contributed by atoms with E-state index in [9.17, 15) is 91.8 Å². The number of aromatic nitrogens is 6. The number of quaternary nitrogens is 1. The van der Waals surface area contributed by atoms with Crippen molar-refractivity contribution in [1.82, 2.24) is 54.4 Å². The van der Waals surface area contributed by atoms with Crippen LogP contribution in [0.1, 0.15) is 59.5 Å². The van der Waals surface area contributed by atoms with Crippen LogP contribution in [0, 0.1) is 11.8 Å². The molecule has 4 fully saturated rings. The van der Waals surface area contributed by atoms with Crippen molar-refractivity contribution in [1.29, 1.82) is 0 Å². The van der Waals surface area contributed by atoms with Crippen molar-refractivity contribution in [2.75, 3.05) is 60.2 Å². The molecule has 4 saturated heterocycles. The number of urea groups is 1. The van der Waals surface area contributed by atoms with Crippen molar-refractivity contribution in [3.05, 3.63) is 86.8 Å². The third-order valence-electron chi connectivity index (χ3n) is 17.6. The topological polar surface area (TPSA) is 660 Å². The lowest BCUT2D eigenvalue weighted by atomic mass is 9.79. The van der Waals surface area contributed by atoms with Crippen molar-refractivity contribution >= 4 is 167 Å². The summed E-state index contributed by atoms with van der Waals surface area (Å²) in [4.78, 5) is 158. The minimum absolute atomic E-state index is 0.0106. The summed E-state index contributed by atoms with van der Waals surface area (Å²) in [5.41, 5.74) is 18.8. The van der Waals surface area contributed by atoms with Crippen LogP contribution in [-0.4, -0.2) is 235 Å². The fourth-order valence-electron chi connectivity index (χ4n) is 11.9. The maximum atomic E-state index is 13.2. The van der Waals surface area contributed by atoms with Crippen molar-refractivity contribution in [3.63, 3.8) is 0 Å². The highest BCUT2D eigenvalue weighted by atomic mass is 32.2. The Bertz CT molecular complexity index is 4600. The molecule has 10 atom stereocenters. The fraction of sp³-hybridized carbons (Fsp3) is 0.467. The summed E-state index contributed by atoms with van der Waals surface area (Å²) in [6.45, 7) is 9.96. The van der Waals surface area contributed by atoms with E-state index in [1.54, 1.807) is 47.7 Å². The number of anilines is 4. The van der Waals surface area contributed by atoms with E-state index < -0.39 is 121 Å². The van der Waals surface area contributed by atoms with Gasteiger partial charge in [-0.15, -0.1) is 56.0 Å². The zero-order chi connectivity index (χ0) is 80.2. The molecule has 11 rings (SSSR count). The zero-order valence-corrected chi connectivity index (χ0v) is 63.6. The van der Waals surface area contributed by atoms with Crippen LogP contribution in [-0.2, 0) is 88.0 Å². The number of thioether (sulfide) groups is 3. The normalized spacial score (nSPS) is 22.8. The Morgan fingerprint density at radius 2 is 1.38 bits per heavy atom. The monoisotopic (exact) mass is 1630 g/mol. The van der Waals surface area contributed by atoms with Gasteiger partial charge in [0.05, 0.1) is 66.8 Å². The number of aliphatic carboxylic acids is 5. The number of nitrogens with zero attached hydrogens (tertiary/aromatic N) is 11. The van der Waals surface area contributed by atoms with Crippen LogP contribution in [0.5, 0.6) is 0 Å². The molecule has 0 radical (unpaired) electrons. The van der Waals surface area contributed by atoms with E-state index in [-0.39, 0.29) is 124 Å². The number of oxime groups is 2. The highest BCUT2D eigenvalue weighted by molar-refractivity contribution is 8.03. The lowest BCUT2D eigenvalue weighted by Crippen LogP contribution is -2.88. The molecule has 4 aromatic heterocycles. The third kappa shape index (κ3) is 18.4. The van der Waals surface area contributed by atoms with Gasteiger partial charge in [0.15, 0.2) is 53.0 Å². The largest absolute Gasteiger partial charge is 0.543 e. The second-order valence-corrected chi connectivity index (χ2v) is 32.7. The van der Waals surface area contributed by atoms with Gasteiger partial charge in [-0.1, -0.05) is 23.3 Å². The van der Waals surface area contributed by atoms with Crippen LogP contribution in [0.2, 0.25) is 0 Å². The van der Waals surface area contributed by atoms with Gasteiger partial charge in [0.25, 0.3) is 33.8 Å². The number of aliphatic hydroxyl groups excluding tert-OH is 1. The van der Waals surface area contributed by atoms with E-state index in [2.05, 4.69) is 50.6 Å². The van der Waals surface area contributed by atoms with E-state index >= 15 is 0 Å². The van der Waals surface area contributed by atoms with Gasteiger partial charge >= 0.3 is 23.9 Å². The summed E-state index contributed by atoms with van der Waals surface area (Å²) in [5, 5.41) is 86.9. The molecule has 3 unspecified atom stereocenters. The van der Waals surface area contributed by atoms with Gasteiger partial charge in [-0.25, -0.2) is 33.9 Å². The second-order valence-electron chi connectivity index (χ2n) is 26.1. The maximum Gasteiger partial charge on any atom is 0.353 e.